The standard InChI is InChI=1S/C30H35N5O4Si/c1-5-18-38-35-24-19-23(20-33(21-24)29(35)37)34-17-16-27(32-34)31-28(36)22-39-40(30(2,3)4,25-12-8-6-9-13-25)26-14-10-7-11-15-26/h5-17,19,24H,1,18,20-22H2,2-4H3,(H,31,32,36). The average molecular weight is 558 g/mol. The Bertz CT molecular complexity index is 1360. The van der Waals surface area contributed by atoms with E-state index >= 15 is 0 Å². The van der Waals surface area contributed by atoms with E-state index in [4.69, 9.17) is 9.26 Å². The van der Waals surface area contributed by atoms with Crippen molar-refractivity contribution in [2.45, 2.75) is 31.9 Å². The first-order valence-corrected chi connectivity index (χ1v) is 15.3. The number of nitrogens with zero attached hydrogens (tertiary/aromatic N) is 4. The Morgan fingerprint density at radius 1 is 1.10 bits per heavy atom. The highest BCUT2D eigenvalue weighted by Gasteiger charge is 2.50. The SMILES string of the molecule is C=CCON1C(=O)N2CC(n3ccc(NC(=O)CO[Si](c4ccccc4)(c4ccccc4)C(C)(C)C)n3)=CC1C2. The summed E-state index contributed by atoms with van der Waals surface area (Å²) < 4.78 is 8.41. The number of urea groups is 1. The molecule has 0 spiro atoms. The number of benzene rings is 2. The van der Waals surface area contributed by atoms with E-state index in [1.165, 1.54) is 5.06 Å². The molecule has 1 unspecified atom stereocenters. The van der Waals surface area contributed by atoms with Crippen LogP contribution in [-0.2, 0) is 14.1 Å². The third-order valence-electron chi connectivity index (χ3n) is 7.22. The maximum Gasteiger partial charge on any atom is 0.345 e. The van der Waals surface area contributed by atoms with Crippen molar-refractivity contribution in [3.8, 4) is 0 Å². The van der Waals surface area contributed by atoms with Gasteiger partial charge < -0.3 is 14.6 Å². The van der Waals surface area contributed by atoms with Gasteiger partial charge in [0, 0.05) is 18.8 Å². The van der Waals surface area contributed by atoms with E-state index in [2.05, 4.69) is 62.0 Å². The summed E-state index contributed by atoms with van der Waals surface area (Å²) in [6.45, 7) is 11.3. The molecule has 0 aliphatic carbocycles. The molecule has 1 atom stereocenters. The van der Waals surface area contributed by atoms with Crippen molar-refractivity contribution in [1.29, 1.82) is 0 Å². The zero-order valence-corrected chi connectivity index (χ0v) is 24.1. The van der Waals surface area contributed by atoms with Gasteiger partial charge in [0.05, 0.1) is 24.9 Å². The van der Waals surface area contributed by atoms with Gasteiger partial charge in [0.25, 0.3) is 8.32 Å². The molecular formula is C30H35N5O4Si. The maximum atomic E-state index is 13.2. The minimum absolute atomic E-state index is 0.108. The van der Waals surface area contributed by atoms with Crippen LogP contribution in [0.2, 0.25) is 5.04 Å². The van der Waals surface area contributed by atoms with Gasteiger partial charge in [-0.05, 0) is 21.5 Å². The van der Waals surface area contributed by atoms with Crippen LogP contribution in [0.5, 0.6) is 0 Å². The van der Waals surface area contributed by atoms with E-state index in [1.807, 2.05) is 42.5 Å². The number of hydrogen-bond acceptors (Lipinski definition) is 5. The second kappa shape index (κ2) is 11.2. The molecule has 208 valence electrons. The Labute approximate surface area is 235 Å². The summed E-state index contributed by atoms with van der Waals surface area (Å²) in [4.78, 5) is 33.0. The fraction of sp³-hybridized carbons (Fsp3) is 0.300. The number of fused-ring (bicyclic) bond motifs is 2. The fourth-order valence-electron chi connectivity index (χ4n) is 5.48. The van der Waals surface area contributed by atoms with Crippen LogP contribution in [0.3, 0.4) is 0 Å². The van der Waals surface area contributed by atoms with Crippen LogP contribution < -0.4 is 15.7 Å². The quantitative estimate of drug-likeness (QED) is 0.305. The largest absolute Gasteiger partial charge is 0.398 e. The van der Waals surface area contributed by atoms with Gasteiger partial charge in [-0.25, -0.2) is 9.48 Å². The normalized spacial score (nSPS) is 17.1. The van der Waals surface area contributed by atoms with E-state index in [-0.39, 0.29) is 36.2 Å². The van der Waals surface area contributed by atoms with Gasteiger partial charge in [0.15, 0.2) is 5.82 Å². The van der Waals surface area contributed by atoms with Crippen molar-refractivity contribution in [2.24, 2.45) is 0 Å². The molecule has 5 rings (SSSR count). The number of hydrogen-bond donors (Lipinski definition) is 1. The summed E-state index contributed by atoms with van der Waals surface area (Å²) >= 11 is 0. The summed E-state index contributed by atoms with van der Waals surface area (Å²) in [5, 5.41) is 10.8. The number of hydroxylamine groups is 2. The van der Waals surface area contributed by atoms with E-state index in [0.717, 1.165) is 16.1 Å². The summed E-state index contributed by atoms with van der Waals surface area (Å²) in [5.41, 5.74) is 0.832. The minimum atomic E-state index is -2.84. The summed E-state index contributed by atoms with van der Waals surface area (Å²) in [7, 11) is -2.84. The molecule has 1 saturated heterocycles. The average Bonchev–Trinajstić information content (AvgIpc) is 3.50. The monoisotopic (exact) mass is 557 g/mol. The Morgan fingerprint density at radius 2 is 1.75 bits per heavy atom. The van der Waals surface area contributed by atoms with E-state index in [1.54, 1.807) is 27.9 Å². The molecule has 1 fully saturated rings. The van der Waals surface area contributed by atoms with Crippen LogP contribution in [0.25, 0.3) is 5.70 Å². The molecule has 2 bridgehead atoms. The van der Waals surface area contributed by atoms with E-state index in [9.17, 15) is 9.59 Å². The van der Waals surface area contributed by atoms with Crippen molar-refractivity contribution in [1.82, 2.24) is 19.7 Å². The lowest BCUT2D eigenvalue weighted by atomic mass is 10.2. The molecular weight excluding hydrogens is 522 g/mol. The predicted octanol–water partition coefficient (Wildman–Crippen LogP) is 3.48. The molecule has 10 heteroatoms. The highest BCUT2D eigenvalue weighted by molar-refractivity contribution is 6.99. The van der Waals surface area contributed by atoms with Crippen molar-refractivity contribution >= 4 is 42.1 Å². The third kappa shape index (κ3) is 5.25. The van der Waals surface area contributed by atoms with Gasteiger partial charge in [0.2, 0.25) is 5.91 Å². The lowest BCUT2D eigenvalue weighted by Gasteiger charge is -2.42. The molecule has 3 amide bonds. The second-order valence-corrected chi connectivity index (χ2v) is 15.3. The molecule has 2 aliphatic rings. The van der Waals surface area contributed by atoms with Crippen LogP contribution in [0, 0.1) is 0 Å². The van der Waals surface area contributed by atoms with Gasteiger partial charge in [-0.2, -0.15) is 10.2 Å². The summed E-state index contributed by atoms with van der Waals surface area (Å²) in [5.74, 6) is 0.134. The second-order valence-electron chi connectivity index (χ2n) is 10.9. The summed E-state index contributed by atoms with van der Waals surface area (Å²) in [6.07, 6.45) is 5.35. The fourth-order valence-corrected chi connectivity index (χ4v) is 9.98. The number of rotatable bonds is 10. The van der Waals surface area contributed by atoms with Crippen LogP contribution in [0.15, 0.2) is 91.7 Å². The number of carbonyl (C=O) groups is 2. The third-order valence-corrected chi connectivity index (χ3v) is 12.2. The first-order chi connectivity index (χ1) is 19.2. The highest BCUT2D eigenvalue weighted by Crippen LogP contribution is 2.36. The lowest BCUT2D eigenvalue weighted by Crippen LogP contribution is -2.67. The minimum Gasteiger partial charge on any atom is -0.398 e. The van der Waals surface area contributed by atoms with Gasteiger partial charge in [0.1, 0.15) is 6.61 Å². The van der Waals surface area contributed by atoms with Crippen LogP contribution >= 0.6 is 0 Å². The molecule has 3 heterocycles. The molecule has 0 radical (unpaired) electrons. The summed E-state index contributed by atoms with van der Waals surface area (Å²) in [6, 6.07) is 21.8. The molecule has 3 aromatic rings. The number of aromatic nitrogens is 2. The first-order valence-electron chi connectivity index (χ1n) is 13.4. The van der Waals surface area contributed by atoms with Gasteiger partial charge in [-0.3, -0.25) is 9.63 Å². The van der Waals surface area contributed by atoms with E-state index < -0.39 is 8.32 Å². The van der Waals surface area contributed by atoms with Crippen LogP contribution in [0.4, 0.5) is 10.6 Å². The van der Waals surface area contributed by atoms with Crippen molar-refractivity contribution < 1.29 is 18.9 Å². The van der Waals surface area contributed by atoms with Crippen molar-refractivity contribution in [3.63, 3.8) is 0 Å². The van der Waals surface area contributed by atoms with E-state index in [0.29, 0.717) is 18.9 Å². The van der Waals surface area contributed by atoms with Gasteiger partial charge >= 0.3 is 6.03 Å². The lowest BCUT2D eigenvalue weighted by molar-refractivity contribution is -0.118. The maximum absolute atomic E-state index is 13.2. The van der Waals surface area contributed by atoms with Crippen molar-refractivity contribution in [3.05, 3.63) is 91.7 Å². The number of anilines is 1. The number of nitrogens with one attached hydrogen (secondary N) is 1. The molecule has 1 N–H and O–H groups in total. The number of amides is 3. The molecule has 0 saturated carbocycles. The van der Waals surface area contributed by atoms with Crippen LogP contribution in [0.1, 0.15) is 20.8 Å². The first kappa shape index (κ1) is 27.6. The zero-order chi connectivity index (χ0) is 28.3. The van der Waals surface area contributed by atoms with Crippen molar-refractivity contribution in [2.75, 3.05) is 31.6 Å². The smallest absolute Gasteiger partial charge is 0.345 e. The Morgan fingerprint density at radius 3 is 2.35 bits per heavy atom. The zero-order valence-electron chi connectivity index (χ0n) is 23.1. The highest BCUT2D eigenvalue weighted by atomic mass is 28.4. The Hall–Kier alpha value is -3.99. The van der Waals surface area contributed by atoms with Gasteiger partial charge in [-0.1, -0.05) is 87.5 Å². The Kier molecular flexibility index (Phi) is 7.75. The molecule has 40 heavy (non-hydrogen) atoms. The van der Waals surface area contributed by atoms with Crippen LogP contribution in [-0.4, -0.2) is 72.3 Å². The molecule has 2 aromatic carbocycles. The van der Waals surface area contributed by atoms with Gasteiger partial charge in [-0.15, -0.1) is 6.58 Å². The molecule has 1 aromatic heterocycles. The molecule has 9 nitrogen and oxygen atoms in total. The Balaban J connectivity index is 1.31. The topological polar surface area (TPSA) is 88.9 Å². The number of carbonyl (C=O) groups excluding carboxylic acids is 2. The predicted molar refractivity (Wildman–Crippen MR) is 157 cm³/mol. The molecule has 2 aliphatic heterocycles.